The lowest BCUT2D eigenvalue weighted by molar-refractivity contribution is -0.109. The Morgan fingerprint density at radius 1 is 1.58 bits per heavy atom. The van der Waals surface area contributed by atoms with Crippen molar-refractivity contribution < 1.29 is 4.79 Å². The lowest BCUT2D eigenvalue weighted by Gasteiger charge is -2.17. The molecule has 0 heterocycles. The molecule has 0 saturated heterocycles. The highest BCUT2D eigenvalue weighted by molar-refractivity contribution is 5.45. The molecule has 0 unspecified atom stereocenters. The van der Waals surface area contributed by atoms with Crippen LogP contribution in [-0.2, 0) is 4.79 Å². The monoisotopic (exact) mass is 172 g/mol. The van der Waals surface area contributed by atoms with Gasteiger partial charge in [0, 0.05) is 6.54 Å². The van der Waals surface area contributed by atoms with Crippen LogP contribution in [0.15, 0.2) is 0 Å². The van der Waals surface area contributed by atoms with Gasteiger partial charge in [0.2, 0.25) is 6.41 Å². The van der Waals surface area contributed by atoms with Crippen LogP contribution in [0.4, 0.5) is 0 Å². The number of carbonyl (C=O) groups excluding carboxylic acids is 1. The number of nitrogens with one attached hydrogen (secondary N) is 1. The predicted octanol–water partition coefficient (Wildman–Crippen LogP) is 0.743. The molecule has 0 aliphatic carbocycles. The largest absolute Gasteiger partial charge is 0.358 e. The summed E-state index contributed by atoms with van der Waals surface area (Å²) >= 11 is 0. The summed E-state index contributed by atoms with van der Waals surface area (Å²) in [4.78, 5) is 10.0. The smallest absolute Gasteiger partial charge is 0.207 e. The quantitative estimate of drug-likeness (QED) is 0.557. The van der Waals surface area contributed by atoms with Crippen LogP contribution in [0, 0.1) is 11.8 Å². The second-order valence-corrected chi connectivity index (χ2v) is 3.38. The van der Waals surface area contributed by atoms with Gasteiger partial charge < -0.3 is 11.1 Å². The first-order valence-electron chi connectivity index (χ1n) is 4.61. The third-order valence-electron chi connectivity index (χ3n) is 2.21. The van der Waals surface area contributed by atoms with E-state index in [0.717, 1.165) is 32.3 Å². The number of rotatable bonds is 7. The Labute approximate surface area is 74.7 Å². The van der Waals surface area contributed by atoms with Gasteiger partial charge in [0.05, 0.1) is 0 Å². The average molecular weight is 172 g/mol. The fourth-order valence-electron chi connectivity index (χ4n) is 1.27. The summed E-state index contributed by atoms with van der Waals surface area (Å²) in [7, 11) is 0. The summed E-state index contributed by atoms with van der Waals surface area (Å²) in [6.07, 6.45) is 2.97. The molecule has 1 amide bonds. The highest BCUT2D eigenvalue weighted by Gasteiger charge is 2.09. The summed E-state index contributed by atoms with van der Waals surface area (Å²) in [5.74, 6) is 1.14. The Balaban J connectivity index is 3.58. The van der Waals surface area contributed by atoms with E-state index in [2.05, 4.69) is 19.2 Å². The maximum absolute atomic E-state index is 10.0. The van der Waals surface area contributed by atoms with E-state index in [1.807, 2.05) is 0 Å². The molecule has 0 spiro atoms. The fourth-order valence-corrected chi connectivity index (χ4v) is 1.27. The molecule has 0 aromatic rings. The van der Waals surface area contributed by atoms with E-state index < -0.39 is 0 Å². The zero-order valence-electron chi connectivity index (χ0n) is 8.05. The fraction of sp³-hybridized carbons (Fsp3) is 0.889. The minimum Gasteiger partial charge on any atom is -0.358 e. The van der Waals surface area contributed by atoms with E-state index in [9.17, 15) is 4.79 Å². The van der Waals surface area contributed by atoms with Crippen LogP contribution in [0.1, 0.15) is 26.7 Å². The van der Waals surface area contributed by atoms with Gasteiger partial charge in [-0.05, 0) is 24.8 Å². The highest BCUT2D eigenvalue weighted by Crippen LogP contribution is 2.13. The first kappa shape index (κ1) is 11.4. The SMILES string of the molecule is CC[C@@H](CNC=O)C[C@@H](C)CN. The Bertz CT molecular complexity index is 117. The molecule has 3 N–H and O–H groups in total. The lowest BCUT2D eigenvalue weighted by Crippen LogP contribution is -2.24. The van der Waals surface area contributed by atoms with E-state index in [1.165, 1.54) is 0 Å². The van der Waals surface area contributed by atoms with Gasteiger partial charge in [-0.1, -0.05) is 20.3 Å². The van der Waals surface area contributed by atoms with Crippen molar-refractivity contribution in [1.29, 1.82) is 0 Å². The van der Waals surface area contributed by atoms with Gasteiger partial charge in [-0.2, -0.15) is 0 Å². The molecule has 0 aromatic heterocycles. The van der Waals surface area contributed by atoms with Gasteiger partial charge in [-0.15, -0.1) is 0 Å². The van der Waals surface area contributed by atoms with Crippen LogP contribution < -0.4 is 11.1 Å². The molecule has 0 saturated carbocycles. The summed E-state index contributed by atoms with van der Waals surface area (Å²) < 4.78 is 0. The molecule has 72 valence electrons. The van der Waals surface area contributed by atoms with Gasteiger partial charge in [0.1, 0.15) is 0 Å². The van der Waals surface area contributed by atoms with E-state index in [0.29, 0.717) is 11.8 Å². The van der Waals surface area contributed by atoms with Crippen molar-refractivity contribution in [1.82, 2.24) is 5.32 Å². The van der Waals surface area contributed by atoms with Crippen molar-refractivity contribution in [3.63, 3.8) is 0 Å². The zero-order chi connectivity index (χ0) is 9.40. The van der Waals surface area contributed by atoms with Crippen molar-refractivity contribution in [3.8, 4) is 0 Å². The number of carbonyl (C=O) groups is 1. The van der Waals surface area contributed by atoms with Crippen LogP contribution in [0.5, 0.6) is 0 Å². The van der Waals surface area contributed by atoms with Gasteiger partial charge in [-0.3, -0.25) is 4.79 Å². The molecule has 0 aliphatic rings. The van der Waals surface area contributed by atoms with Crippen molar-refractivity contribution in [2.75, 3.05) is 13.1 Å². The van der Waals surface area contributed by atoms with Crippen molar-refractivity contribution in [3.05, 3.63) is 0 Å². The van der Waals surface area contributed by atoms with E-state index in [4.69, 9.17) is 5.73 Å². The van der Waals surface area contributed by atoms with Crippen molar-refractivity contribution >= 4 is 6.41 Å². The molecule has 3 heteroatoms. The molecule has 0 rings (SSSR count). The van der Waals surface area contributed by atoms with Gasteiger partial charge in [-0.25, -0.2) is 0 Å². The van der Waals surface area contributed by atoms with E-state index in [-0.39, 0.29) is 0 Å². The topological polar surface area (TPSA) is 55.1 Å². The maximum atomic E-state index is 10.0. The highest BCUT2D eigenvalue weighted by atomic mass is 16.1. The summed E-state index contributed by atoms with van der Waals surface area (Å²) in [6.45, 7) is 5.80. The van der Waals surface area contributed by atoms with Crippen molar-refractivity contribution in [2.45, 2.75) is 26.7 Å². The summed E-state index contributed by atoms with van der Waals surface area (Å²) in [6, 6.07) is 0. The predicted molar refractivity (Wildman–Crippen MR) is 50.7 cm³/mol. The van der Waals surface area contributed by atoms with Crippen LogP contribution in [0.3, 0.4) is 0 Å². The lowest BCUT2D eigenvalue weighted by atomic mass is 9.94. The Hall–Kier alpha value is -0.570. The third kappa shape index (κ3) is 5.13. The maximum Gasteiger partial charge on any atom is 0.207 e. The molecule has 0 aliphatic heterocycles. The molecule has 0 radical (unpaired) electrons. The first-order valence-corrected chi connectivity index (χ1v) is 4.61. The molecule has 0 bridgehead atoms. The van der Waals surface area contributed by atoms with E-state index in [1.54, 1.807) is 0 Å². The number of nitrogens with two attached hydrogens (primary N) is 1. The number of amides is 1. The molecular weight excluding hydrogens is 152 g/mol. The third-order valence-corrected chi connectivity index (χ3v) is 2.21. The van der Waals surface area contributed by atoms with Gasteiger partial charge >= 0.3 is 0 Å². The molecule has 0 fully saturated rings. The molecular formula is C9H20N2O. The minimum absolute atomic E-state index is 0.559. The van der Waals surface area contributed by atoms with Gasteiger partial charge in [0.15, 0.2) is 0 Å². The molecule has 3 nitrogen and oxygen atoms in total. The van der Waals surface area contributed by atoms with Gasteiger partial charge in [0.25, 0.3) is 0 Å². The normalized spacial score (nSPS) is 15.2. The number of hydrogen-bond acceptors (Lipinski definition) is 2. The molecule has 0 aromatic carbocycles. The number of hydrogen-bond donors (Lipinski definition) is 2. The van der Waals surface area contributed by atoms with E-state index >= 15 is 0 Å². The van der Waals surface area contributed by atoms with Crippen LogP contribution in [-0.4, -0.2) is 19.5 Å². The minimum atomic E-state index is 0.559. The second-order valence-electron chi connectivity index (χ2n) is 3.38. The molecule has 2 atom stereocenters. The second kappa shape index (κ2) is 7.10. The standard InChI is InChI=1S/C9H20N2O/c1-3-9(6-11-7-12)4-8(2)5-10/h7-9H,3-6,10H2,1-2H3,(H,11,12)/t8-,9-/m1/s1. The summed E-state index contributed by atoms with van der Waals surface area (Å²) in [5.41, 5.74) is 5.51. The van der Waals surface area contributed by atoms with Crippen LogP contribution in [0.25, 0.3) is 0 Å². The van der Waals surface area contributed by atoms with Crippen LogP contribution in [0.2, 0.25) is 0 Å². The van der Waals surface area contributed by atoms with Crippen LogP contribution >= 0.6 is 0 Å². The molecule has 12 heavy (non-hydrogen) atoms. The van der Waals surface area contributed by atoms with Crippen molar-refractivity contribution in [2.24, 2.45) is 17.6 Å². The zero-order valence-corrected chi connectivity index (χ0v) is 8.05. The summed E-state index contributed by atoms with van der Waals surface area (Å²) in [5, 5.41) is 2.71. The Morgan fingerprint density at radius 2 is 2.25 bits per heavy atom. The Morgan fingerprint density at radius 3 is 2.67 bits per heavy atom. The Kier molecular flexibility index (Phi) is 6.76. The average Bonchev–Trinajstić information content (AvgIpc) is 2.11. The first-order chi connectivity index (χ1) is 5.74.